The lowest BCUT2D eigenvalue weighted by Crippen LogP contribution is -2.04. The van der Waals surface area contributed by atoms with Crippen LogP contribution in [-0.2, 0) is 0 Å². The minimum atomic E-state index is -0.509. The van der Waals surface area contributed by atoms with Crippen LogP contribution >= 0.6 is 0 Å². The summed E-state index contributed by atoms with van der Waals surface area (Å²) in [4.78, 5) is 12.8. The number of benzene rings is 3. The van der Waals surface area contributed by atoms with E-state index in [-0.39, 0.29) is 5.76 Å². The molecule has 0 aliphatic heterocycles. The van der Waals surface area contributed by atoms with Crippen LogP contribution in [0.15, 0.2) is 69.9 Å². The van der Waals surface area contributed by atoms with Crippen LogP contribution in [0.4, 0.5) is 0 Å². The molecule has 0 aliphatic carbocycles. The fourth-order valence-corrected chi connectivity index (χ4v) is 3.47. The van der Waals surface area contributed by atoms with Crippen molar-refractivity contribution in [3.05, 3.63) is 82.0 Å². The van der Waals surface area contributed by atoms with Gasteiger partial charge in [-0.1, -0.05) is 36.4 Å². The molecule has 1 heterocycles. The monoisotopic (exact) mass is 430 g/mol. The zero-order chi connectivity index (χ0) is 22.7. The molecule has 0 fully saturated rings. The van der Waals surface area contributed by atoms with Crippen molar-refractivity contribution in [3.63, 3.8) is 0 Å². The molecule has 0 unspecified atom stereocenters. The highest BCUT2D eigenvalue weighted by Crippen LogP contribution is 2.42. The van der Waals surface area contributed by atoms with Crippen LogP contribution in [-0.4, -0.2) is 26.4 Å². The maximum atomic E-state index is 12.8. The molecule has 32 heavy (non-hydrogen) atoms. The fraction of sp³-hybridized carbons (Fsp3) is 0.115. The van der Waals surface area contributed by atoms with Crippen molar-refractivity contribution in [2.75, 3.05) is 21.3 Å². The maximum Gasteiger partial charge on any atom is 0.235 e. The first-order chi connectivity index (χ1) is 15.5. The molecule has 0 bridgehead atoms. The molecule has 6 nitrogen and oxygen atoms in total. The number of fused-ring (bicyclic) bond motifs is 1. The predicted octanol–water partition coefficient (Wildman–Crippen LogP) is 5.36. The summed E-state index contributed by atoms with van der Waals surface area (Å²) in [6, 6.07) is 17.8. The first kappa shape index (κ1) is 21.1. The minimum Gasteiger partial charge on any atom is -0.502 e. The van der Waals surface area contributed by atoms with Crippen LogP contribution < -0.4 is 19.6 Å². The van der Waals surface area contributed by atoms with Crippen molar-refractivity contribution < 1.29 is 23.7 Å². The van der Waals surface area contributed by atoms with E-state index in [0.717, 1.165) is 11.3 Å². The lowest BCUT2D eigenvalue weighted by atomic mass is 10.00. The number of rotatable bonds is 6. The molecule has 0 spiro atoms. The molecule has 6 heteroatoms. The summed E-state index contributed by atoms with van der Waals surface area (Å²) in [6.07, 6.45) is 3.74. The molecule has 1 N–H and O–H groups in total. The topological polar surface area (TPSA) is 78.1 Å². The minimum absolute atomic E-state index is 0.0302. The van der Waals surface area contributed by atoms with Gasteiger partial charge in [-0.05, 0) is 41.5 Å². The van der Waals surface area contributed by atoms with E-state index in [1.165, 1.54) is 7.11 Å². The van der Waals surface area contributed by atoms with Gasteiger partial charge in [0.05, 0.1) is 32.3 Å². The van der Waals surface area contributed by atoms with E-state index in [1.807, 2.05) is 36.4 Å². The molecule has 3 aromatic carbocycles. The molecular formula is C26H22O6. The van der Waals surface area contributed by atoms with Crippen molar-refractivity contribution in [3.8, 4) is 34.3 Å². The number of para-hydroxylation sites is 1. The fourth-order valence-electron chi connectivity index (χ4n) is 3.47. The van der Waals surface area contributed by atoms with Crippen molar-refractivity contribution in [2.24, 2.45) is 0 Å². The Bertz CT molecular complexity index is 1350. The van der Waals surface area contributed by atoms with Gasteiger partial charge in [-0.15, -0.1) is 0 Å². The Hall–Kier alpha value is -4.19. The van der Waals surface area contributed by atoms with E-state index < -0.39 is 11.2 Å². The molecule has 1 aromatic heterocycles. The normalized spacial score (nSPS) is 11.1. The van der Waals surface area contributed by atoms with Crippen molar-refractivity contribution in [1.29, 1.82) is 0 Å². The molecular weight excluding hydrogens is 408 g/mol. The van der Waals surface area contributed by atoms with Crippen LogP contribution in [0, 0.1) is 0 Å². The Morgan fingerprint density at radius 2 is 1.56 bits per heavy atom. The Morgan fingerprint density at radius 3 is 2.25 bits per heavy atom. The van der Waals surface area contributed by atoms with E-state index in [4.69, 9.17) is 18.6 Å². The highest BCUT2D eigenvalue weighted by Gasteiger charge is 2.22. The van der Waals surface area contributed by atoms with Crippen LogP contribution in [0.5, 0.6) is 23.0 Å². The van der Waals surface area contributed by atoms with Gasteiger partial charge in [0, 0.05) is 6.07 Å². The van der Waals surface area contributed by atoms with Gasteiger partial charge >= 0.3 is 0 Å². The summed E-state index contributed by atoms with van der Waals surface area (Å²) in [6.45, 7) is 0. The lowest BCUT2D eigenvalue weighted by molar-refractivity contribution is 0.393. The third kappa shape index (κ3) is 3.90. The number of ether oxygens (including phenoxy) is 3. The number of methoxy groups -OCH3 is 3. The van der Waals surface area contributed by atoms with Gasteiger partial charge < -0.3 is 23.7 Å². The van der Waals surface area contributed by atoms with Crippen molar-refractivity contribution in [2.45, 2.75) is 0 Å². The van der Waals surface area contributed by atoms with E-state index in [1.54, 1.807) is 50.6 Å². The average molecular weight is 430 g/mol. The van der Waals surface area contributed by atoms with E-state index in [9.17, 15) is 9.90 Å². The average Bonchev–Trinajstić information content (AvgIpc) is 2.84. The van der Waals surface area contributed by atoms with Crippen molar-refractivity contribution >= 4 is 23.1 Å². The largest absolute Gasteiger partial charge is 0.502 e. The number of hydrogen-bond acceptors (Lipinski definition) is 6. The van der Waals surface area contributed by atoms with Gasteiger partial charge in [-0.3, -0.25) is 4.79 Å². The summed E-state index contributed by atoms with van der Waals surface area (Å²) >= 11 is 0. The quantitative estimate of drug-likeness (QED) is 0.415. The highest BCUT2D eigenvalue weighted by atomic mass is 16.5. The number of hydrogen-bond donors (Lipinski definition) is 1. The molecule has 4 rings (SSSR count). The first-order valence-corrected chi connectivity index (χ1v) is 9.89. The van der Waals surface area contributed by atoms with Crippen LogP contribution in [0.3, 0.4) is 0 Å². The van der Waals surface area contributed by atoms with E-state index >= 15 is 0 Å². The second-order valence-corrected chi connectivity index (χ2v) is 7.01. The Labute approximate surface area is 184 Å². The maximum absolute atomic E-state index is 12.8. The summed E-state index contributed by atoms with van der Waals surface area (Å²) in [5.41, 5.74) is 1.88. The Morgan fingerprint density at radius 1 is 0.844 bits per heavy atom. The smallest absolute Gasteiger partial charge is 0.235 e. The predicted molar refractivity (Wildman–Crippen MR) is 125 cm³/mol. The molecule has 0 radical (unpaired) electrons. The summed E-state index contributed by atoms with van der Waals surface area (Å²) in [5, 5.41) is 11.0. The molecule has 0 aliphatic rings. The second kappa shape index (κ2) is 8.89. The van der Waals surface area contributed by atoms with Crippen molar-refractivity contribution in [1.82, 2.24) is 0 Å². The molecule has 0 amide bonds. The summed E-state index contributed by atoms with van der Waals surface area (Å²) in [7, 11) is 4.67. The SMILES string of the molecule is COc1ccc(C=Cc2cc(OC)cc(OC)c2-c2oc3ccccc3c(=O)c2O)cc1. The Balaban J connectivity index is 1.93. The molecule has 0 saturated heterocycles. The third-order valence-corrected chi connectivity index (χ3v) is 5.13. The second-order valence-electron chi connectivity index (χ2n) is 7.01. The zero-order valence-electron chi connectivity index (χ0n) is 17.9. The third-order valence-electron chi connectivity index (χ3n) is 5.13. The van der Waals surface area contributed by atoms with Crippen LogP contribution in [0.2, 0.25) is 0 Å². The standard InChI is InChI=1S/C26H22O6/c1-29-18-12-9-16(10-13-18)8-11-17-14-19(30-2)15-22(31-3)23(17)26-25(28)24(27)20-6-4-5-7-21(20)32-26/h4-15,28H,1-3H3. The molecule has 4 aromatic rings. The van der Waals surface area contributed by atoms with Gasteiger partial charge in [0.25, 0.3) is 0 Å². The van der Waals surface area contributed by atoms with Crippen LogP contribution in [0.25, 0.3) is 34.4 Å². The van der Waals surface area contributed by atoms with E-state index in [0.29, 0.717) is 33.6 Å². The number of aromatic hydroxyl groups is 1. The van der Waals surface area contributed by atoms with Gasteiger partial charge in [-0.2, -0.15) is 0 Å². The van der Waals surface area contributed by atoms with Crippen LogP contribution in [0.1, 0.15) is 11.1 Å². The zero-order valence-corrected chi connectivity index (χ0v) is 17.9. The summed E-state index contributed by atoms with van der Waals surface area (Å²) < 4.78 is 22.2. The van der Waals surface area contributed by atoms with Gasteiger partial charge in [-0.25, -0.2) is 0 Å². The van der Waals surface area contributed by atoms with Gasteiger partial charge in [0.15, 0.2) is 5.76 Å². The van der Waals surface area contributed by atoms with E-state index in [2.05, 4.69) is 0 Å². The summed E-state index contributed by atoms with van der Waals surface area (Å²) in [5.74, 6) is 1.26. The molecule has 162 valence electrons. The van der Waals surface area contributed by atoms with Gasteiger partial charge in [0.2, 0.25) is 11.2 Å². The van der Waals surface area contributed by atoms with Gasteiger partial charge in [0.1, 0.15) is 22.8 Å². The first-order valence-electron chi connectivity index (χ1n) is 9.89. The Kier molecular flexibility index (Phi) is 5.85. The molecule has 0 saturated carbocycles. The lowest BCUT2D eigenvalue weighted by Gasteiger charge is -2.15. The molecule has 0 atom stereocenters. The highest BCUT2D eigenvalue weighted by molar-refractivity contribution is 5.88.